The van der Waals surface area contributed by atoms with Crippen molar-refractivity contribution < 1.29 is 23.8 Å². The van der Waals surface area contributed by atoms with Crippen LogP contribution in [0.4, 0.5) is 4.39 Å². The van der Waals surface area contributed by atoms with Crippen LogP contribution >= 0.6 is 0 Å². The number of aliphatic hydroxyl groups excluding tert-OH is 1. The zero-order valence-electron chi connectivity index (χ0n) is 11.9. The molecule has 1 amide bonds. The van der Waals surface area contributed by atoms with Crippen molar-refractivity contribution in [3.8, 4) is 5.75 Å². The summed E-state index contributed by atoms with van der Waals surface area (Å²) < 4.78 is 23.8. The van der Waals surface area contributed by atoms with E-state index in [0.29, 0.717) is 13.2 Å². The van der Waals surface area contributed by atoms with Gasteiger partial charge < -0.3 is 19.9 Å². The van der Waals surface area contributed by atoms with Crippen molar-refractivity contribution in [2.45, 2.75) is 26.1 Å². The van der Waals surface area contributed by atoms with E-state index in [0.717, 1.165) is 6.07 Å². The molecule has 2 atom stereocenters. The molecule has 0 bridgehead atoms. The number of benzene rings is 1. The maximum absolute atomic E-state index is 13.6. The third-order valence-corrected chi connectivity index (χ3v) is 2.71. The van der Waals surface area contributed by atoms with Crippen molar-refractivity contribution in [1.82, 2.24) is 5.32 Å². The molecule has 0 aliphatic heterocycles. The van der Waals surface area contributed by atoms with E-state index >= 15 is 0 Å². The molecule has 5 nitrogen and oxygen atoms in total. The topological polar surface area (TPSA) is 67.8 Å². The van der Waals surface area contributed by atoms with Gasteiger partial charge in [-0.15, -0.1) is 0 Å². The summed E-state index contributed by atoms with van der Waals surface area (Å²) in [5.74, 6) is -0.632. The molecule has 112 valence electrons. The fraction of sp³-hybridized carbons (Fsp3) is 0.500. The highest BCUT2D eigenvalue weighted by atomic mass is 19.1. The summed E-state index contributed by atoms with van der Waals surface area (Å²) in [6.07, 6.45) is -1.64. The number of amides is 1. The van der Waals surface area contributed by atoms with Crippen LogP contribution in [0, 0.1) is 5.82 Å². The molecule has 0 saturated heterocycles. The van der Waals surface area contributed by atoms with Crippen LogP contribution in [0.2, 0.25) is 0 Å². The molecular weight excluding hydrogens is 265 g/mol. The van der Waals surface area contributed by atoms with E-state index in [9.17, 15) is 14.3 Å². The van der Waals surface area contributed by atoms with Gasteiger partial charge in [0, 0.05) is 25.3 Å². The second-order valence-corrected chi connectivity index (χ2v) is 4.40. The number of carbonyl (C=O) groups is 1. The zero-order valence-corrected chi connectivity index (χ0v) is 11.9. The van der Waals surface area contributed by atoms with Crippen molar-refractivity contribution in [1.29, 1.82) is 0 Å². The van der Waals surface area contributed by atoms with E-state index < -0.39 is 18.0 Å². The third-order valence-electron chi connectivity index (χ3n) is 2.71. The van der Waals surface area contributed by atoms with Crippen LogP contribution in [0.1, 0.15) is 25.5 Å². The Morgan fingerprint density at radius 3 is 2.70 bits per heavy atom. The fourth-order valence-electron chi connectivity index (χ4n) is 1.60. The second-order valence-electron chi connectivity index (χ2n) is 4.40. The average Bonchev–Trinajstić information content (AvgIpc) is 2.38. The van der Waals surface area contributed by atoms with Crippen LogP contribution < -0.4 is 10.1 Å². The maximum Gasteiger partial charge on any atom is 0.260 e. The lowest BCUT2D eigenvalue weighted by molar-refractivity contribution is -0.127. The van der Waals surface area contributed by atoms with Crippen LogP contribution in [-0.4, -0.2) is 37.4 Å². The number of rotatable bonds is 7. The minimum Gasteiger partial charge on any atom is -0.481 e. The molecule has 0 radical (unpaired) electrons. The lowest BCUT2D eigenvalue weighted by Gasteiger charge is -2.15. The fourth-order valence-corrected chi connectivity index (χ4v) is 1.60. The van der Waals surface area contributed by atoms with Crippen LogP contribution in [0.15, 0.2) is 18.2 Å². The molecule has 0 fully saturated rings. The summed E-state index contributed by atoms with van der Waals surface area (Å²) in [6, 6.07) is 4.11. The Morgan fingerprint density at radius 2 is 2.15 bits per heavy atom. The highest BCUT2D eigenvalue weighted by molar-refractivity contribution is 5.80. The Bertz CT molecular complexity index is 451. The molecule has 0 aliphatic carbocycles. The molecular formula is C14H20FNO4. The molecule has 6 heteroatoms. The molecule has 2 unspecified atom stereocenters. The van der Waals surface area contributed by atoms with Gasteiger partial charge in [0.15, 0.2) is 6.10 Å². The number of hydrogen-bond donors (Lipinski definition) is 2. The first-order valence-corrected chi connectivity index (χ1v) is 6.36. The summed E-state index contributed by atoms with van der Waals surface area (Å²) in [7, 11) is 1.54. The molecule has 1 rings (SSSR count). The summed E-state index contributed by atoms with van der Waals surface area (Å²) >= 11 is 0. The molecule has 1 aromatic rings. The van der Waals surface area contributed by atoms with E-state index in [1.54, 1.807) is 14.0 Å². The van der Waals surface area contributed by atoms with Gasteiger partial charge in [-0.25, -0.2) is 4.39 Å². The second kappa shape index (κ2) is 7.81. The van der Waals surface area contributed by atoms with E-state index in [4.69, 9.17) is 9.47 Å². The molecule has 2 N–H and O–H groups in total. The first kappa shape index (κ1) is 16.4. The maximum atomic E-state index is 13.6. The molecule has 0 aromatic heterocycles. The van der Waals surface area contributed by atoms with Crippen molar-refractivity contribution in [3.63, 3.8) is 0 Å². The predicted molar refractivity (Wildman–Crippen MR) is 72.0 cm³/mol. The molecule has 0 saturated carbocycles. The van der Waals surface area contributed by atoms with Gasteiger partial charge in [0.2, 0.25) is 0 Å². The average molecular weight is 285 g/mol. The molecule has 1 aromatic carbocycles. The number of halogens is 1. The smallest absolute Gasteiger partial charge is 0.260 e. The Hall–Kier alpha value is -1.66. The highest BCUT2D eigenvalue weighted by Crippen LogP contribution is 2.22. The summed E-state index contributed by atoms with van der Waals surface area (Å²) in [4.78, 5) is 11.7. The quantitative estimate of drug-likeness (QED) is 0.743. The standard InChI is InChI=1S/C14H20FNO4/c1-9(17)12-5-4-11(8-13(12)15)20-10(2)14(18)16-6-7-19-3/h4-5,8-10,17H,6-7H2,1-3H3,(H,16,18). The Kier molecular flexibility index (Phi) is 6.41. The monoisotopic (exact) mass is 285 g/mol. The molecule has 0 aliphatic rings. The van der Waals surface area contributed by atoms with Gasteiger partial charge in [0.05, 0.1) is 12.7 Å². The van der Waals surface area contributed by atoms with Gasteiger partial charge >= 0.3 is 0 Å². The van der Waals surface area contributed by atoms with Crippen LogP contribution in [-0.2, 0) is 9.53 Å². The van der Waals surface area contributed by atoms with E-state index in [2.05, 4.69) is 5.32 Å². The van der Waals surface area contributed by atoms with Crippen molar-refractivity contribution in [2.24, 2.45) is 0 Å². The Labute approximate surface area is 117 Å². The van der Waals surface area contributed by atoms with Gasteiger partial charge in [0.25, 0.3) is 5.91 Å². The predicted octanol–water partition coefficient (Wildman–Crippen LogP) is 1.41. The summed E-state index contributed by atoms with van der Waals surface area (Å²) in [5, 5.41) is 12.0. The Balaban J connectivity index is 2.59. The van der Waals surface area contributed by atoms with Crippen LogP contribution in [0.25, 0.3) is 0 Å². The van der Waals surface area contributed by atoms with E-state index in [-0.39, 0.29) is 17.2 Å². The van der Waals surface area contributed by atoms with Crippen LogP contribution in [0.5, 0.6) is 5.75 Å². The Morgan fingerprint density at radius 1 is 1.45 bits per heavy atom. The lowest BCUT2D eigenvalue weighted by atomic mass is 10.1. The van der Waals surface area contributed by atoms with Gasteiger partial charge in [-0.1, -0.05) is 0 Å². The lowest BCUT2D eigenvalue weighted by Crippen LogP contribution is -2.37. The first-order chi connectivity index (χ1) is 9.45. The SMILES string of the molecule is COCCNC(=O)C(C)Oc1ccc(C(C)O)c(F)c1. The van der Waals surface area contributed by atoms with Gasteiger partial charge in [-0.3, -0.25) is 4.79 Å². The normalized spacial score (nSPS) is 13.7. The third kappa shape index (κ3) is 4.79. The largest absolute Gasteiger partial charge is 0.481 e. The number of aliphatic hydroxyl groups is 1. The van der Waals surface area contributed by atoms with Crippen LogP contribution in [0.3, 0.4) is 0 Å². The van der Waals surface area contributed by atoms with Gasteiger partial charge in [0.1, 0.15) is 11.6 Å². The van der Waals surface area contributed by atoms with E-state index in [1.165, 1.54) is 19.1 Å². The van der Waals surface area contributed by atoms with E-state index in [1.807, 2.05) is 0 Å². The molecule has 0 spiro atoms. The number of methoxy groups -OCH3 is 1. The van der Waals surface area contributed by atoms with Crippen molar-refractivity contribution in [3.05, 3.63) is 29.6 Å². The number of hydrogen-bond acceptors (Lipinski definition) is 4. The minimum atomic E-state index is -0.890. The molecule has 0 heterocycles. The number of nitrogens with one attached hydrogen (secondary N) is 1. The number of ether oxygens (including phenoxy) is 2. The minimum absolute atomic E-state index is 0.189. The van der Waals surface area contributed by atoms with Crippen molar-refractivity contribution in [2.75, 3.05) is 20.3 Å². The highest BCUT2D eigenvalue weighted by Gasteiger charge is 2.15. The molecule has 20 heavy (non-hydrogen) atoms. The zero-order chi connectivity index (χ0) is 15.1. The van der Waals surface area contributed by atoms with Gasteiger partial charge in [-0.05, 0) is 26.0 Å². The first-order valence-electron chi connectivity index (χ1n) is 6.36. The van der Waals surface area contributed by atoms with Gasteiger partial charge in [-0.2, -0.15) is 0 Å². The number of carbonyl (C=O) groups excluding carboxylic acids is 1. The summed E-state index contributed by atoms with van der Waals surface area (Å²) in [6.45, 7) is 3.85. The summed E-state index contributed by atoms with van der Waals surface area (Å²) in [5.41, 5.74) is 0.189. The van der Waals surface area contributed by atoms with Crippen molar-refractivity contribution >= 4 is 5.91 Å².